The average molecular weight is 216 g/mol. The van der Waals surface area contributed by atoms with Crippen molar-refractivity contribution in [2.45, 2.75) is 6.10 Å². The number of carbonyl (C=O) groups is 1. The van der Waals surface area contributed by atoms with E-state index in [0.29, 0.717) is 0 Å². The minimum absolute atomic E-state index is 0.0531. The number of hydrogen-bond acceptors (Lipinski definition) is 3. The molecule has 0 saturated carbocycles. The van der Waals surface area contributed by atoms with Crippen molar-refractivity contribution in [2.75, 3.05) is 11.2 Å². The molecule has 0 spiro atoms. The van der Waals surface area contributed by atoms with Gasteiger partial charge in [0.1, 0.15) is 11.9 Å². The molecule has 0 aliphatic carbocycles. The van der Waals surface area contributed by atoms with Crippen LogP contribution < -0.4 is 5.32 Å². The van der Waals surface area contributed by atoms with E-state index in [4.69, 9.17) is 16.7 Å². The Morgan fingerprint density at radius 2 is 2.14 bits per heavy atom. The van der Waals surface area contributed by atoms with Crippen molar-refractivity contribution in [2.24, 2.45) is 0 Å². The van der Waals surface area contributed by atoms with Crippen LogP contribution in [-0.4, -0.2) is 28.1 Å². The minimum atomic E-state index is -1.27. The third kappa shape index (κ3) is 2.61. The van der Waals surface area contributed by atoms with Gasteiger partial charge in [-0.25, -0.2) is 0 Å². The Labute approximate surface area is 86.1 Å². The molecule has 0 unspecified atom stereocenters. The molecule has 0 bridgehead atoms. The first-order valence-corrected chi connectivity index (χ1v) is 4.51. The standard InChI is InChI=1S/C9H10ClNO3/c10-5-8(13)9(14)11-6-3-1-2-4-7(6)12/h1-4,8,12-13H,5H2,(H,11,14)/t8-/m1/s1. The molecule has 3 N–H and O–H groups in total. The molecule has 0 fully saturated rings. The van der Waals surface area contributed by atoms with Crippen LogP contribution >= 0.6 is 11.6 Å². The zero-order valence-electron chi connectivity index (χ0n) is 7.27. The number of carbonyl (C=O) groups excluding carboxylic acids is 1. The average Bonchev–Trinajstić information content (AvgIpc) is 2.20. The van der Waals surface area contributed by atoms with E-state index in [-0.39, 0.29) is 17.3 Å². The Bertz CT molecular complexity index is 330. The van der Waals surface area contributed by atoms with Crippen LogP contribution in [0.1, 0.15) is 0 Å². The smallest absolute Gasteiger partial charge is 0.254 e. The van der Waals surface area contributed by atoms with Gasteiger partial charge in [0.25, 0.3) is 5.91 Å². The fourth-order valence-electron chi connectivity index (χ4n) is 0.865. The lowest BCUT2D eigenvalue weighted by atomic mass is 10.3. The fraction of sp³-hybridized carbons (Fsp3) is 0.222. The third-order valence-corrected chi connectivity index (χ3v) is 1.90. The Kier molecular flexibility index (Phi) is 3.73. The topological polar surface area (TPSA) is 69.6 Å². The quantitative estimate of drug-likeness (QED) is 0.519. The monoisotopic (exact) mass is 215 g/mol. The summed E-state index contributed by atoms with van der Waals surface area (Å²) < 4.78 is 0. The Morgan fingerprint density at radius 3 is 2.71 bits per heavy atom. The number of amides is 1. The first-order chi connectivity index (χ1) is 6.65. The predicted octanol–water partition coefficient (Wildman–Crippen LogP) is 0.930. The number of nitrogens with one attached hydrogen (secondary N) is 1. The van der Waals surface area contributed by atoms with Gasteiger partial charge >= 0.3 is 0 Å². The van der Waals surface area contributed by atoms with Gasteiger partial charge in [-0.2, -0.15) is 0 Å². The number of phenolic OH excluding ortho intramolecular Hbond substituents is 1. The Balaban J connectivity index is 2.70. The lowest BCUT2D eigenvalue weighted by Gasteiger charge is -2.09. The summed E-state index contributed by atoms with van der Waals surface area (Å²) in [6.07, 6.45) is -1.27. The van der Waals surface area contributed by atoms with Crippen molar-refractivity contribution >= 4 is 23.2 Å². The van der Waals surface area contributed by atoms with Crippen LogP contribution in [0.4, 0.5) is 5.69 Å². The lowest BCUT2D eigenvalue weighted by molar-refractivity contribution is -0.123. The molecule has 1 aromatic rings. The van der Waals surface area contributed by atoms with Gasteiger partial charge in [-0.15, -0.1) is 11.6 Å². The summed E-state index contributed by atoms with van der Waals surface area (Å²) in [5, 5.41) is 20.7. The van der Waals surface area contributed by atoms with Crippen LogP contribution in [0.15, 0.2) is 24.3 Å². The van der Waals surface area contributed by atoms with Crippen LogP contribution in [-0.2, 0) is 4.79 Å². The molecule has 0 aliphatic rings. The highest BCUT2D eigenvalue weighted by atomic mass is 35.5. The van der Waals surface area contributed by atoms with Gasteiger partial charge in [0, 0.05) is 0 Å². The molecule has 5 heteroatoms. The highest BCUT2D eigenvalue weighted by molar-refractivity contribution is 6.20. The van der Waals surface area contributed by atoms with Crippen molar-refractivity contribution < 1.29 is 15.0 Å². The number of halogens is 1. The number of alkyl halides is 1. The molecule has 1 aromatic carbocycles. The Hall–Kier alpha value is -1.26. The van der Waals surface area contributed by atoms with Gasteiger partial charge in [0.2, 0.25) is 0 Å². The van der Waals surface area contributed by atoms with E-state index < -0.39 is 12.0 Å². The van der Waals surface area contributed by atoms with Gasteiger partial charge in [-0.05, 0) is 12.1 Å². The minimum Gasteiger partial charge on any atom is -0.506 e. The molecule has 1 atom stereocenters. The maximum absolute atomic E-state index is 11.1. The summed E-state index contributed by atoms with van der Waals surface area (Å²) >= 11 is 5.28. The molecular formula is C9H10ClNO3. The number of phenols is 1. The molecule has 0 aliphatic heterocycles. The summed E-state index contributed by atoms with van der Waals surface area (Å²) in [6, 6.07) is 6.24. The maximum atomic E-state index is 11.1. The van der Waals surface area contributed by atoms with Gasteiger partial charge < -0.3 is 15.5 Å². The van der Waals surface area contributed by atoms with E-state index >= 15 is 0 Å². The number of aliphatic hydroxyl groups is 1. The van der Waals surface area contributed by atoms with Crippen molar-refractivity contribution in [3.8, 4) is 5.75 Å². The molecule has 0 aromatic heterocycles. The summed E-state index contributed by atoms with van der Waals surface area (Å²) in [7, 11) is 0. The van der Waals surface area contributed by atoms with Crippen LogP contribution in [0.25, 0.3) is 0 Å². The summed E-state index contributed by atoms with van der Waals surface area (Å²) in [5.41, 5.74) is 0.252. The second kappa shape index (κ2) is 4.83. The van der Waals surface area contributed by atoms with Gasteiger partial charge in [0.05, 0.1) is 11.6 Å². The van der Waals surface area contributed by atoms with Crippen molar-refractivity contribution in [3.63, 3.8) is 0 Å². The van der Waals surface area contributed by atoms with E-state index in [1.807, 2.05) is 0 Å². The summed E-state index contributed by atoms with van der Waals surface area (Å²) in [5.74, 6) is -0.872. The number of aromatic hydroxyl groups is 1. The van der Waals surface area contributed by atoms with E-state index in [9.17, 15) is 9.90 Å². The largest absolute Gasteiger partial charge is 0.506 e. The van der Waals surface area contributed by atoms with E-state index in [0.717, 1.165) is 0 Å². The number of hydrogen-bond donors (Lipinski definition) is 3. The number of aliphatic hydroxyl groups excluding tert-OH is 1. The molecule has 1 amide bonds. The molecular weight excluding hydrogens is 206 g/mol. The fourth-order valence-corrected chi connectivity index (χ4v) is 1.01. The summed E-state index contributed by atoms with van der Waals surface area (Å²) in [6.45, 7) is 0. The van der Waals surface area contributed by atoms with E-state index in [1.54, 1.807) is 12.1 Å². The molecule has 4 nitrogen and oxygen atoms in total. The van der Waals surface area contributed by atoms with Crippen LogP contribution in [0.3, 0.4) is 0 Å². The van der Waals surface area contributed by atoms with Gasteiger partial charge in [-0.3, -0.25) is 4.79 Å². The van der Waals surface area contributed by atoms with Gasteiger partial charge in [0.15, 0.2) is 0 Å². The highest BCUT2D eigenvalue weighted by Crippen LogP contribution is 2.21. The van der Waals surface area contributed by atoms with Crippen molar-refractivity contribution in [3.05, 3.63) is 24.3 Å². The molecule has 1 rings (SSSR count). The molecule has 0 radical (unpaired) electrons. The molecule has 76 valence electrons. The highest BCUT2D eigenvalue weighted by Gasteiger charge is 2.14. The second-order valence-electron chi connectivity index (χ2n) is 2.68. The zero-order chi connectivity index (χ0) is 10.6. The van der Waals surface area contributed by atoms with Crippen LogP contribution in [0.2, 0.25) is 0 Å². The predicted molar refractivity (Wildman–Crippen MR) is 53.5 cm³/mol. The van der Waals surface area contributed by atoms with E-state index in [2.05, 4.69) is 5.32 Å². The SMILES string of the molecule is O=C(Nc1ccccc1O)[C@H](O)CCl. The molecule has 0 saturated heterocycles. The van der Waals surface area contributed by atoms with E-state index in [1.165, 1.54) is 12.1 Å². The number of para-hydroxylation sites is 2. The second-order valence-corrected chi connectivity index (χ2v) is 2.99. The van der Waals surface area contributed by atoms with Crippen LogP contribution in [0, 0.1) is 0 Å². The van der Waals surface area contributed by atoms with Gasteiger partial charge in [-0.1, -0.05) is 12.1 Å². The molecule has 14 heavy (non-hydrogen) atoms. The lowest BCUT2D eigenvalue weighted by Crippen LogP contribution is -2.28. The number of rotatable bonds is 3. The van der Waals surface area contributed by atoms with Crippen LogP contribution in [0.5, 0.6) is 5.75 Å². The number of anilines is 1. The zero-order valence-corrected chi connectivity index (χ0v) is 8.03. The maximum Gasteiger partial charge on any atom is 0.254 e. The first kappa shape index (κ1) is 10.8. The first-order valence-electron chi connectivity index (χ1n) is 3.98. The number of benzene rings is 1. The normalized spacial score (nSPS) is 12.1. The third-order valence-electron chi connectivity index (χ3n) is 1.61. The molecule has 0 heterocycles. The van der Waals surface area contributed by atoms with Crippen molar-refractivity contribution in [1.29, 1.82) is 0 Å². The van der Waals surface area contributed by atoms with Crippen molar-refractivity contribution in [1.82, 2.24) is 0 Å². The summed E-state index contributed by atoms with van der Waals surface area (Å²) in [4.78, 5) is 11.1. The Morgan fingerprint density at radius 1 is 1.50 bits per heavy atom.